The van der Waals surface area contributed by atoms with E-state index in [0.717, 1.165) is 72.4 Å². The average Bonchev–Trinajstić information content (AvgIpc) is 3.39. The van der Waals surface area contributed by atoms with Gasteiger partial charge in [-0.05, 0) is 92.3 Å². The van der Waals surface area contributed by atoms with Gasteiger partial charge in [-0.2, -0.15) is 0 Å². The molecule has 1 unspecified atom stereocenters. The number of rotatable bonds is 14. The summed E-state index contributed by atoms with van der Waals surface area (Å²) in [6.45, 7) is 9.08. The molecule has 0 radical (unpaired) electrons. The molecule has 0 aliphatic carbocycles. The fraction of sp³-hybridized carbons (Fsp3) is 0.344. The molecule has 1 aromatic heterocycles. The fourth-order valence-corrected chi connectivity index (χ4v) is 4.48. The second-order valence-corrected chi connectivity index (χ2v) is 9.98. The van der Waals surface area contributed by atoms with E-state index in [2.05, 4.69) is 36.4 Å². The molecular formula is C32H40Cl3N3O3. The number of ether oxygens (including phenoxy) is 2. The quantitative estimate of drug-likeness (QED) is 0.154. The van der Waals surface area contributed by atoms with Gasteiger partial charge in [-0.1, -0.05) is 38.8 Å². The van der Waals surface area contributed by atoms with Crippen molar-refractivity contribution in [2.24, 2.45) is 0 Å². The van der Waals surface area contributed by atoms with Gasteiger partial charge < -0.3 is 24.0 Å². The van der Waals surface area contributed by atoms with Crippen LogP contribution in [0.25, 0.3) is 16.9 Å². The largest absolute Gasteiger partial charge is 0.491 e. The number of aromatic nitrogens is 2. The maximum Gasteiger partial charge on any atom is 0.127 e. The Hall–Kier alpha value is -2.74. The number of unbranched alkanes of at least 4 members (excludes halogenated alkanes) is 1. The van der Waals surface area contributed by atoms with Gasteiger partial charge in [-0.3, -0.25) is 0 Å². The average molecular weight is 621 g/mol. The normalized spacial score (nSPS) is 11.5. The number of hydrogen-bond donors (Lipinski definition) is 1. The Labute approximate surface area is 261 Å². The number of hydrogen-bond acceptors (Lipinski definition) is 5. The first kappa shape index (κ1) is 34.5. The van der Waals surface area contributed by atoms with Gasteiger partial charge in [-0.25, -0.2) is 4.98 Å². The highest BCUT2D eigenvalue weighted by molar-refractivity contribution is 6.30. The van der Waals surface area contributed by atoms with Gasteiger partial charge in [0.2, 0.25) is 0 Å². The predicted octanol–water partition coefficient (Wildman–Crippen LogP) is 8.25. The molecule has 1 heterocycles. The van der Waals surface area contributed by atoms with Crippen molar-refractivity contribution in [2.45, 2.75) is 46.1 Å². The molecule has 4 rings (SSSR count). The second kappa shape index (κ2) is 17.3. The summed E-state index contributed by atoms with van der Waals surface area (Å²) in [6.07, 6.45) is 4.62. The van der Waals surface area contributed by atoms with E-state index < -0.39 is 6.10 Å². The zero-order valence-corrected chi connectivity index (χ0v) is 26.2. The summed E-state index contributed by atoms with van der Waals surface area (Å²) < 4.78 is 14.0. The van der Waals surface area contributed by atoms with E-state index >= 15 is 0 Å². The Kier molecular flexibility index (Phi) is 14.5. The highest BCUT2D eigenvalue weighted by Gasteiger charge is 2.13. The van der Waals surface area contributed by atoms with Crippen LogP contribution in [0.15, 0.2) is 79.0 Å². The molecule has 1 N–H and O–H groups in total. The van der Waals surface area contributed by atoms with E-state index in [1.807, 2.05) is 72.8 Å². The van der Waals surface area contributed by atoms with Crippen LogP contribution in [0, 0.1) is 0 Å². The summed E-state index contributed by atoms with van der Waals surface area (Å²) in [4.78, 5) is 7.17. The van der Waals surface area contributed by atoms with Gasteiger partial charge in [-0.15, -0.1) is 24.8 Å². The molecule has 0 saturated carbocycles. The lowest BCUT2D eigenvalue weighted by Gasteiger charge is -2.21. The van der Waals surface area contributed by atoms with E-state index in [-0.39, 0.29) is 31.4 Å². The van der Waals surface area contributed by atoms with E-state index in [1.165, 1.54) is 0 Å². The van der Waals surface area contributed by atoms with Crippen molar-refractivity contribution in [2.75, 3.05) is 26.2 Å². The molecule has 0 bridgehead atoms. The maximum absolute atomic E-state index is 10.3. The molecule has 0 aliphatic rings. The SMILES string of the molecule is CCCCc1nc(-c2ccc(OCC(O)CN(CC)CC)cc2)cn1-c1ccc(Oc2ccc(Cl)cc2)cc1.Cl.Cl. The summed E-state index contributed by atoms with van der Waals surface area (Å²) in [7, 11) is 0. The number of benzene rings is 3. The molecule has 0 saturated heterocycles. The third-order valence-electron chi connectivity index (χ3n) is 6.65. The molecule has 4 aromatic rings. The molecule has 0 spiro atoms. The molecule has 222 valence electrons. The second-order valence-electron chi connectivity index (χ2n) is 9.54. The lowest BCUT2D eigenvalue weighted by atomic mass is 10.1. The van der Waals surface area contributed by atoms with Crippen molar-refractivity contribution in [3.8, 4) is 34.2 Å². The minimum Gasteiger partial charge on any atom is -0.491 e. The van der Waals surface area contributed by atoms with Crippen LogP contribution in [-0.4, -0.2) is 51.9 Å². The van der Waals surface area contributed by atoms with Crippen LogP contribution in [0.3, 0.4) is 0 Å². The van der Waals surface area contributed by atoms with Gasteiger partial charge in [0.25, 0.3) is 0 Å². The lowest BCUT2D eigenvalue weighted by molar-refractivity contribution is 0.0716. The van der Waals surface area contributed by atoms with Gasteiger partial charge >= 0.3 is 0 Å². The van der Waals surface area contributed by atoms with Crippen molar-refractivity contribution in [1.29, 1.82) is 0 Å². The predicted molar refractivity (Wildman–Crippen MR) is 173 cm³/mol. The summed E-state index contributed by atoms with van der Waals surface area (Å²) in [5, 5.41) is 11.0. The zero-order valence-electron chi connectivity index (χ0n) is 23.8. The van der Waals surface area contributed by atoms with Crippen molar-refractivity contribution in [1.82, 2.24) is 14.5 Å². The third-order valence-corrected chi connectivity index (χ3v) is 6.90. The number of halogens is 3. The Bertz CT molecular complexity index is 1290. The van der Waals surface area contributed by atoms with Gasteiger partial charge in [0.15, 0.2) is 0 Å². The van der Waals surface area contributed by atoms with Gasteiger partial charge in [0.1, 0.15) is 35.8 Å². The molecule has 0 fully saturated rings. The van der Waals surface area contributed by atoms with Gasteiger partial charge in [0, 0.05) is 35.4 Å². The maximum atomic E-state index is 10.3. The van der Waals surface area contributed by atoms with Crippen molar-refractivity contribution in [3.63, 3.8) is 0 Å². The van der Waals surface area contributed by atoms with Crippen LogP contribution in [-0.2, 0) is 6.42 Å². The molecule has 1 atom stereocenters. The number of aliphatic hydroxyl groups excluding tert-OH is 1. The number of likely N-dealkylation sites (N-methyl/N-ethyl adjacent to an activating group) is 1. The van der Waals surface area contributed by atoms with E-state index in [4.69, 9.17) is 26.1 Å². The number of aryl methyl sites for hydroxylation is 1. The van der Waals surface area contributed by atoms with Crippen LogP contribution < -0.4 is 9.47 Å². The highest BCUT2D eigenvalue weighted by Crippen LogP contribution is 2.27. The first-order chi connectivity index (χ1) is 19.0. The Balaban J connectivity index is 0.00000294. The highest BCUT2D eigenvalue weighted by atomic mass is 35.5. The van der Waals surface area contributed by atoms with E-state index in [1.54, 1.807) is 0 Å². The standard InChI is InChI=1S/C32H38ClN3O3.2ClH/c1-4-7-8-32-34-31(24-9-15-28(16-10-24)38-23-27(37)21-35(5-2)6-3)22-36(32)26-13-19-30(20-14-26)39-29-17-11-25(33)12-18-29;;/h9-20,22,27,37H,4-8,21,23H2,1-3H3;2*1H. The molecule has 0 aliphatic heterocycles. The summed E-state index contributed by atoms with van der Waals surface area (Å²) in [5.41, 5.74) is 2.96. The lowest BCUT2D eigenvalue weighted by Crippen LogP contribution is -2.35. The summed E-state index contributed by atoms with van der Waals surface area (Å²) >= 11 is 5.98. The minimum absolute atomic E-state index is 0. The Morgan fingerprint density at radius 2 is 1.44 bits per heavy atom. The van der Waals surface area contributed by atoms with Gasteiger partial charge in [0.05, 0.1) is 5.69 Å². The van der Waals surface area contributed by atoms with Crippen LogP contribution in [0.1, 0.15) is 39.4 Å². The van der Waals surface area contributed by atoms with Crippen molar-refractivity contribution < 1.29 is 14.6 Å². The topological polar surface area (TPSA) is 59.8 Å². The zero-order chi connectivity index (χ0) is 27.6. The van der Waals surface area contributed by atoms with Crippen LogP contribution in [0.2, 0.25) is 5.02 Å². The van der Waals surface area contributed by atoms with Crippen LogP contribution in [0.5, 0.6) is 17.2 Å². The molecule has 0 amide bonds. The molecule has 41 heavy (non-hydrogen) atoms. The molecule has 9 heteroatoms. The number of nitrogens with zero attached hydrogens (tertiary/aromatic N) is 3. The van der Waals surface area contributed by atoms with Crippen molar-refractivity contribution >= 4 is 36.4 Å². The van der Waals surface area contributed by atoms with Crippen molar-refractivity contribution in [3.05, 3.63) is 89.8 Å². The number of aliphatic hydroxyl groups is 1. The van der Waals surface area contributed by atoms with Crippen LogP contribution >= 0.6 is 36.4 Å². The first-order valence-electron chi connectivity index (χ1n) is 13.7. The summed E-state index contributed by atoms with van der Waals surface area (Å²) in [5.74, 6) is 3.26. The Morgan fingerprint density at radius 1 is 0.854 bits per heavy atom. The number of imidazole rings is 1. The summed E-state index contributed by atoms with van der Waals surface area (Å²) in [6, 6.07) is 23.3. The van der Waals surface area contributed by atoms with E-state index in [0.29, 0.717) is 11.6 Å². The monoisotopic (exact) mass is 619 g/mol. The fourth-order valence-electron chi connectivity index (χ4n) is 4.35. The van der Waals surface area contributed by atoms with Crippen LogP contribution in [0.4, 0.5) is 0 Å². The molecule has 3 aromatic carbocycles. The van der Waals surface area contributed by atoms with E-state index in [9.17, 15) is 5.11 Å². The minimum atomic E-state index is -0.524. The first-order valence-corrected chi connectivity index (χ1v) is 14.1. The Morgan fingerprint density at radius 3 is 2.02 bits per heavy atom. The molecule has 6 nitrogen and oxygen atoms in total. The third kappa shape index (κ3) is 9.94. The molecular weight excluding hydrogens is 581 g/mol. The smallest absolute Gasteiger partial charge is 0.127 e.